The van der Waals surface area contributed by atoms with Gasteiger partial charge in [0.1, 0.15) is 0 Å². The van der Waals surface area contributed by atoms with Gasteiger partial charge in [-0.15, -0.1) is 11.6 Å². The predicted molar refractivity (Wildman–Crippen MR) is 68.2 cm³/mol. The number of imidazole rings is 1. The van der Waals surface area contributed by atoms with Crippen molar-refractivity contribution in [2.75, 3.05) is 18.0 Å². The van der Waals surface area contributed by atoms with Gasteiger partial charge in [-0.25, -0.2) is 4.98 Å². The van der Waals surface area contributed by atoms with Crippen LogP contribution >= 0.6 is 11.6 Å². The van der Waals surface area contributed by atoms with Crippen molar-refractivity contribution < 1.29 is 0 Å². The maximum Gasteiger partial charge on any atom is 0.205 e. The molecule has 0 spiro atoms. The normalized spacial score (nSPS) is 20.1. The second kappa shape index (κ2) is 5.09. The van der Waals surface area contributed by atoms with E-state index in [0.717, 1.165) is 25.6 Å². The first-order chi connectivity index (χ1) is 7.72. The third-order valence-electron chi connectivity index (χ3n) is 3.51. The third kappa shape index (κ3) is 2.34. The zero-order chi connectivity index (χ0) is 11.5. The van der Waals surface area contributed by atoms with Crippen LogP contribution < -0.4 is 4.90 Å². The number of anilines is 1. The fourth-order valence-electron chi connectivity index (χ4n) is 2.39. The lowest BCUT2D eigenvalue weighted by molar-refractivity contribution is 0.395. The highest BCUT2D eigenvalue weighted by Gasteiger charge is 2.24. The molecule has 0 amide bonds. The topological polar surface area (TPSA) is 21.1 Å². The van der Waals surface area contributed by atoms with Crippen LogP contribution in [0, 0.1) is 5.92 Å². The van der Waals surface area contributed by atoms with Crippen molar-refractivity contribution >= 4 is 17.5 Å². The van der Waals surface area contributed by atoms with Crippen molar-refractivity contribution in [2.45, 2.75) is 38.6 Å². The largest absolute Gasteiger partial charge is 0.342 e. The SMILES string of the molecule is CCn1ccnc1N1CCC(C(C)Cl)CC1. The Balaban J connectivity index is 1.99. The number of piperidine rings is 1. The second-order valence-electron chi connectivity index (χ2n) is 4.52. The van der Waals surface area contributed by atoms with E-state index in [1.807, 2.05) is 12.4 Å². The number of halogens is 1. The number of hydrogen-bond acceptors (Lipinski definition) is 2. The summed E-state index contributed by atoms with van der Waals surface area (Å²) in [5.74, 6) is 1.78. The summed E-state index contributed by atoms with van der Waals surface area (Å²) in [6.45, 7) is 7.41. The maximum atomic E-state index is 6.15. The molecule has 0 bridgehead atoms. The van der Waals surface area contributed by atoms with Gasteiger partial charge in [-0.3, -0.25) is 0 Å². The molecule has 1 unspecified atom stereocenters. The lowest BCUT2D eigenvalue weighted by Gasteiger charge is -2.33. The summed E-state index contributed by atoms with van der Waals surface area (Å²) in [5, 5.41) is 0.299. The molecule has 4 heteroatoms. The van der Waals surface area contributed by atoms with Gasteiger partial charge in [-0.05, 0) is 32.6 Å². The molecule has 3 nitrogen and oxygen atoms in total. The average Bonchev–Trinajstić information content (AvgIpc) is 2.77. The molecule has 2 rings (SSSR count). The van der Waals surface area contributed by atoms with Crippen molar-refractivity contribution in [3.05, 3.63) is 12.4 Å². The number of aryl methyl sites for hydroxylation is 1. The smallest absolute Gasteiger partial charge is 0.205 e. The molecule has 1 aliphatic heterocycles. The molecule has 0 radical (unpaired) electrons. The Morgan fingerprint density at radius 2 is 2.19 bits per heavy atom. The van der Waals surface area contributed by atoms with E-state index in [1.54, 1.807) is 0 Å². The van der Waals surface area contributed by atoms with Crippen LogP contribution in [0.5, 0.6) is 0 Å². The lowest BCUT2D eigenvalue weighted by Crippen LogP contribution is -2.37. The molecule has 0 saturated carbocycles. The Morgan fingerprint density at radius 1 is 1.50 bits per heavy atom. The fourth-order valence-corrected chi connectivity index (χ4v) is 2.64. The molecule has 2 heterocycles. The van der Waals surface area contributed by atoms with Crippen LogP contribution in [-0.2, 0) is 6.54 Å². The van der Waals surface area contributed by atoms with Crippen LogP contribution in [0.1, 0.15) is 26.7 Å². The minimum atomic E-state index is 0.299. The molecule has 16 heavy (non-hydrogen) atoms. The summed E-state index contributed by atoms with van der Waals surface area (Å²) in [5.41, 5.74) is 0. The lowest BCUT2D eigenvalue weighted by atomic mass is 9.94. The first-order valence-corrected chi connectivity index (χ1v) is 6.56. The van der Waals surface area contributed by atoms with Gasteiger partial charge in [0.05, 0.1) is 0 Å². The molecule has 0 N–H and O–H groups in total. The Labute approximate surface area is 102 Å². The van der Waals surface area contributed by atoms with Gasteiger partial charge in [-0.1, -0.05) is 0 Å². The van der Waals surface area contributed by atoms with Crippen LogP contribution in [-0.4, -0.2) is 28.0 Å². The monoisotopic (exact) mass is 241 g/mol. The van der Waals surface area contributed by atoms with Crippen molar-refractivity contribution in [3.8, 4) is 0 Å². The van der Waals surface area contributed by atoms with Gasteiger partial charge in [0.25, 0.3) is 0 Å². The van der Waals surface area contributed by atoms with Crippen molar-refractivity contribution in [2.24, 2.45) is 5.92 Å². The van der Waals surface area contributed by atoms with E-state index in [-0.39, 0.29) is 0 Å². The number of rotatable bonds is 3. The van der Waals surface area contributed by atoms with E-state index in [4.69, 9.17) is 11.6 Å². The zero-order valence-electron chi connectivity index (χ0n) is 10.1. The number of nitrogens with zero attached hydrogens (tertiary/aromatic N) is 3. The molecular weight excluding hydrogens is 222 g/mol. The number of aromatic nitrogens is 2. The summed E-state index contributed by atoms with van der Waals surface area (Å²) in [7, 11) is 0. The minimum absolute atomic E-state index is 0.299. The van der Waals surface area contributed by atoms with E-state index in [0.29, 0.717) is 11.3 Å². The number of hydrogen-bond donors (Lipinski definition) is 0. The van der Waals surface area contributed by atoms with Gasteiger partial charge < -0.3 is 9.47 Å². The molecular formula is C12H20ClN3. The van der Waals surface area contributed by atoms with E-state index in [2.05, 4.69) is 28.3 Å². The summed E-state index contributed by atoms with van der Waals surface area (Å²) >= 11 is 6.15. The van der Waals surface area contributed by atoms with Crippen molar-refractivity contribution in [3.63, 3.8) is 0 Å². The molecule has 1 saturated heterocycles. The van der Waals surface area contributed by atoms with Gasteiger partial charge in [0.15, 0.2) is 0 Å². The van der Waals surface area contributed by atoms with Crippen LogP contribution in [0.2, 0.25) is 0 Å². The number of alkyl halides is 1. The summed E-state index contributed by atoms with van der Waals surface area (Å²) in [6.07, 6.45) is 6.29. The molecule has 1 atom stereocenters. The van der Waals surface area contributed by atoms with Crippen LogP contribution in [0.4, 0.5) is 5.95 Å². The van der Waals surface area contributed by atoms with Crippen molar-refractivity contribution in [1.82, 2.24) is 9.55 Å². The summed E-state index contributed by atoms with van der Waals surface area (Å²) in [4.78, 5) is 6.81. The summed E-state index contributed by atoms with van der Waals surface area (Å²) in [6, 6.07) is 0. The maximum absolute atomic E-state index is 6.15. The molecule has 0 aromatic carbocycles. The minimum Gasteiger partial charge on any atom is -0.342 e. The van der Waals surface area contributed by atoms with Crippen molar-refractivity contribution in [1.29, 1.82) is 0 Å². The third-order valence-corrected chi connectivity index (χ3v) is 3.86. The van der Waals surface area contributed by atoms with Crippen LogP contribution in [0.15, 0.2) is 12.4 Å². The molecule has 1 aromatic rings. The van der Waals surface area contributed by atoms with Gasteiger partial charge in [0, 0.05) is 37.4 Å². The van der Waals surface area contributed by atoms with E-state index < -0.39 is 0 Å². The fraction of sp³-hybridized carbons (Fsp3) is 0.750. The quantitative estimate of drug-likeness (QED) is 0.759. The average molecular weight is 242 g/mol. The van der Waals surface area contributed by atoms with E-state index in [1.165, 1.54) is 12.8 Å². The molecule has 1 aliphatic rings. The van der Waals surface area contributed by atoms with Gasteiger partial charge in [-0.2, -0.15) is 0 Å². The van der Waals surface area contributed by atoms with Gasteiger partial charge in [0.2, 0.25) is 5.95 Å². The first-order valence-electron chi connectivity index (χ1n) is 6.12. The summed E-state index contributed by atoms with van der Waals surface area (Å²) < 4.78 is 2.20. The highest BCUT2D eigenvalue weighted by atomic mass is 35.5. The standard InChI is InChI=1S/C12H20ClN3/c1-3-15-9-6-14-12(15)16-7-4-11(5-8-16)10(2)13/h6,9-11H,3-5,7-8H2,1-2H3. The Hall–Kier alpha value is -0.700. The zero-order valence-corrected chi connectivity index (χ0v) is 10.8. The highest BCUT2D eigenvalue weighted by Crippen LogP contribution is 2.26. The first kappa shape index (κ1) is 11.8. The molecule has 90 valence electrons. The highest BCUT2D eigenvalue weighted by molar-refractivity contribution is 6.20. The van der Waals surface area contributed by atoms with Gasteiger partial charge >= 0.3 is 0 Å². The Bertz CT molecular complexity index is 327. The molecule has 1 fully saturated rings. The van der Waals surface area contributed by atoms with E-state index >= 15 is 0 Å². The second-order valence-corrected chi connectivity index (χ2v) is 5.20. The predicted octanol–water partition coefficient (Wildman–Crippen LogP) is 2.75. The van der Waals surface area contributed by atoms with E-state index in [9.17, 15) is 0 Å². The molecule has 0 aliphatic carbocycles. The Morgan fingerprint density at radius 3 is 2.75 bits per heavy atom. The van der Waals surface area contributed by atoms with Crippen LogP contribution in [0.25, 0.3) is 0 Å². The molecule has 1 aromatic heterocycles. The van der Waals surface area contributed by atoms with Crippen LogP contribution in [0.3, 0.4) is 0 Å². The Kier molecular flexibility index (Phi) is 3.74.